The molecule has 1 aliphatic heterocycles. The molecular weight excluding hydrogens is 292 g/mol. The lowest BCUT2D eigenvalue weighted by Gasteiger charge is -2.31. The fraction of sp³-hybridized carbons (Fsp3) is 0.556. The topological polar surface area (TPSA) is 60.9 Å². The summed E-state index contributed by atoms with van der Waals surface area (Å²) in [6, 6.07) is 5.87. The van der Waals surface area contributed by atoms with Gasteiger partial charge in [-0.2, -0.15) is 0 Å². The molecular formula is C18H26N2O3. The number of para-hydroxylation sites is 1. The van der Waals surface area contributed by atoms with Crippen LogP contribution in [0.15, 0.2) is 18.2 Å². The standard InChI is InChI=1S/C18H26N2O3/c1-6-19(5)10-18(17(22)23)11-20(16(21)14(18)4)15-12(2)8-7-9-13(15)3/h7-9,14H,6,10-11H2,1-5H3,(H,22,23)/t14-,18+/m1/s1. The summed E-state index contributed by atoms with van der Waals surface area (Å²) in [6.07, 6.45) is 0. The zero-order valence-electron chi connectivity index (χ0n) is 14.6. The Hall–Kier alpha value is -1.88. The number of nitrogens with zero attached hydrogens (tertiary/aromatic N) is 2. The molecule has 1 amide bonds. The van der Waals surface area contributed by atoms with Crippen molar-refractivity contribution in [1.82, 2.24) is 4.90 Å². The van der Waals surface area contributed by atoms with Gasteiger partial charge in [-0.15, -0.1) is 0 Å². The molecule has 2 atom stereocenters. The lowest BCUT2D eigenvalue weighted by Crippen LogP contribution is -2.47. The highest BCUT2D eigenvalue weighted by Crippen LogP contribution is 2.42. The van der Waals surface area contributed by atoms with Gasteiger partial charge in [0, 0.05) is 18.8 Å². The number of aryl methyl sites for hydroxylation is 2. The summed E-state index contributed by atoms with van der Waals surface area (Å²) < 4.78 is 0. The molecule has 5 heteroatoms. The van der Waals surface area contributed by atoms with Gasteiger partial charge in [0.25, 0.3) is 0 Å². The number of carbonyl (C=O) groups is 2. The van der Waals surface area contributed by atoms with Crippen molar-refractivity contribution in [2.75, 3.05) is 31.6 Å². The van der Waals surface area contributed by atoms with Crippen LogP contribution in [0, 0.1) is 25.2 Å². The minimum Gasteiger partial charge on any atom is -0.481 e. The highest BCUT2D eigenvalue weighted by molar-refractivity contribution is 6.03. The Labute approximate surface area is 137 Å². The summed E-state index contributed by atoms with van der Waals surface area (Å²) >= 11 is 0. The van der Waals surface area contributed by atoms with Crippen LogP contribution in [0.3, 0.4) is 0 Å². The van der Waals surface area contributed by atoms with E-state index in [1.54, 1.807) is 11.8 Å². The van der Waals surface area contributed by atoms with Crippen molar-refractivity contribution in [2.45, 2.75) is 27.7 Å². The first-order valence-electron chi connectivity index (χ1n) is 8.04. The molecule has 2 rings (SSSR count). The number of hydrogen-bond donors (Lipinski definition) is 1. The van der Waals surface area contributed by atoms with E-state index in [-0.39, 0.29) is 12.5 Å². The molecule has 0 spiro atoms. The van der Waals surface area contributed by atoms with Gasteiger partial charge in [0.15, 0.2) is 0 Å². The van der Waals surface area contributed by atoms with Crippen LogP contribution in [0.1, 0.15) is 25.0 Å². The van der Waals surface area contributed by atoms with Gasteiger partial charge in [-0.3, -0.25) is 9.59 Å². The van der Waals surface area contributed by atoms with Gasteiger partial charge in [-0.05, 0) is 38.6 Å². The molecule has 1 N–H and O–H groups in total. The number of carboxylic acids is 1. The number of rotatable bonds is 5. The van der Waals surface area contributed by atoms with Gasteiger partial charge in [-0.25, -0.2) is 0 Å². The van der Waals surface area contributed by atoms with Crippen LogP contribution in [0.5, 0.6) is 0 Å². The zero-order valence-corrected chi connectivity index (χ0v) is 14.6. The highest BCUT2D eigenvalue weighted by Gasteiger charge is 2.56. The first kappa shape index (κ1) is 17.5. The second kappa shape index (κ2) is 6.32. The molecule has 1 aromatic rings. The van der Waals surface area contributed by atoms with Gasteiger partial charge in [-0.1, -0.05) is 32.0 Å². The van der Waals surface area contributed by atoms with Crippen molar-refractivity contribution in [2.24, 2.45) is 11.3 Å². The first-order valence-corrected chi connectivity index (χ1v) is 8.04. The fourth-order valence-electron chi connectivity index (χ4n) is 3.49. The predicted octanol–water partition coefficient (Wildman–Crippen LogP) is 2.31. The summed E-state index contributed by atoms with van der Waals surface area (Å²) in [5.41, 5.74) is 1.77. The molecule has 0 aliphatic carbocycles. The molecule has 0 saturated carbocycles. The minimum absolute atomic E-state index is 0.102. The van der Waals surface area contributed by atoms with Crippen LogP contribution in [0.2, 0.25) is 0 Å². The van der Waals surface area contributed by atoms with Crippen molar-refractivity contribution >= 4 is 17.6 Å². The van der Waals surface area contributed by atoms with Gasteiger partial charge < -0.3 is 14.9 Å². The van der Waals surface area contributed by atoms with Crippen LogP contribution in [-0.4, -0.2) is 48.6 Å². The van der Waals surface area contributed by atoms with E-state index in [2.05, 4.69) is 0 Å². The van der Waals surface area contributed by atoms with Crippen LogP contribution < -0.4 is 4.90 Å². The average Bonchev–Trinajstić information content (AvgIpc) is 2.73. The number of amides is 1. The zero-order chi connectivity index (χ0) is 17.4. The first-order chi connectivity index (χ1) is 10.7. The van der Waals surface area contributed by atoms with Crippen LogP contribution in [-0.2, 0) is 9.59 Å². The third kappa shape index (κ3) is 2.85. The SMILES string of the molecule is CCN(C)C[C@]1(C(=O)O)CN(c2c(C)cccc2C)C(=O)[C@H]1C. The van der Waals surface area contributed by atoms with E-state index in [0.29, 0.717) is 6.54 Å². The van der Waals surface area contributed by atoms with Crippen molar-refractivity contribution in [3.63, 3.8) is 0 Å². The highest BCUT2D eigenvalue weighted by atomic mass is 16.4. The number of aliphatic carboxylic acids is 1. The van der Waals surface area contributed by atoms with Crippen molar-refractivity contribution in [1.29, 1.82) is 0 Å². The maximum Gasteiger partial charge on any atom is 0.313 e. The van der Waals surface area contributed by atoms with Crippen molar-refractivity contribution in [3.8, 4) is 0 Å². The molecule has 23 heavy (non-hydrogen) atoms. The summed E-state index contributed by atoms with van der Waals surface area (Å²) in [5.74, 6) is -1.55. The second-order valence-electron chi connectivity index (χ2n) is 6.68. The summed E-state index contributed by atoms with van der Waals surface area (Å²) in [6.45, 7) is 8.98. The third-order valence-electron chi connectivity index (χ3n) is 5.13. The number of hydrogen-bond acceptors (Lipinski definition) is 3. The van der Waals surface area contributed by atoms with Crippen molar-refractivity contribution in [3.05, 3.63) is 29.3 Å². The Morgan fingerprint density at radius 3 is 2.43 bits per heavy atom. The minimum atomic E-state index is -1.07. The predicted molar refractivity (Wildman–Crippen MR) is 90.7 cm³/mol. The Morgan fingerprint density at radius 2 is 1.96 bits per heavy atom. The Balaban J connectivity index is 2.47. The van der Waals surface area contributed by atoms with Crippen LogP contribution in [0.4, 0.5) is 5.69 Å². The van der Waals surface area contributed by atoms with E-state index in [4.69, 9.17) is 0 Å². The number of benzene rings is 1. The van der Waals surface area contributed by atoms with E-state index in [1.165, 1.54) is 0 Å². The van der Waals surface area contributed by atoms with Crippen molar-refractivity contribution < 1.29 is 14.7 Å². The van der Waals surface area contributed by atoms with Crippen LogP contribution >= 0.6 is 0 Å². The van der Waals surface area contributed by atoms with E-state index >= 15 is 0 Å². The van der Waals surface area contributed by atoms with E-state index < -0.39 is 17.3 Å². The molecule has 5 nitrogen and oxygen atoms in total. The van der Waals surface area contributed by atoms with Gasteiger partial charge in [0.1, 0.15) is 5.41 Å². The summed E-state index contributed by atoms with van der Waals surface area (Å²) in [4.78, 5) is 28.6. The normalized spacial score (nSPS) is 24.5. The molecule has 1 aromatic carbocycles. The molecule has 1 heterocycles. The fourth-order valence-corrected chi connectivity index (χ4v) is 3.49. The lowest BCUT2D eigenvalue weighted by atomic mass is 9.78. The second-order valence-corrected chi connectivity index (χ2v) is 6.68. The Morgan fingerprint density at radius 1 is 1.39 bits per heavy atom. The average molecular weight is 318 g/mol. The van der Waals surface area contributed by atoms with E-state index in [0.717, 1.165) is 23.4 Å². The Bertz CT molecular complexity index is 608. The number of anilines is 1. The monoisotopic (exact) mass is 318 g/mol. The number of carbonyl (C=O) groups excluding carboxylic acids is 1. The molecule has 0 bridgehead atoms. The molecule has 0 aromatic heterocycles. The van der Waals surface area contributed by atoms with Crippen LogP contribution in [0.25, 0.3) is 0 Å². The molecule has 126 valence electrons. The smallest absolute Gasteiger partial charge is 0.313 e. The summed E-state index contributed by atoms with van der Waals surface area (Å²) in [5, 5.41) is 9.89. The quantitative estimate of drug-likeness (QED) is 0.905. The largest absolute Gasteiger partial charge is 0.481 e. The maximum absolute atomic E-state index is 12.8. The lowest BCUT2D eigenvalue weighted by molar-refractivity contribution is -0.152. The van der Waals surface area contributed by atoms with E-state index in [9.17, 15) is 14.7 Å². The molecule has 0 unspecified atom stereocenters. The third-order valence-corrected chi connectivity index (χ3v) is 5.13. The molecule has 0 radical (unpaired) electrons. The molecule has 1 fully saturated rings. The number of carboxylic acid groups (broad SMARTS) is 1. The molecule has 1 saturated heterocycles. The van der Waals surface area contributed by atoms with E-state index in [1.807, 2.05) is 50.9 Å². The van der Waals surface area contributed by atoms with Gasteiger partial charge in [0.2, 0.25) is 5.91 Å². The summed E-state index contributed by atoms with van der Waals surface area (Å²) in [7, 11) is 1.89. The maximum atomic E-state index is 12.8. The van der Waals surface area contributed by atoms with Gasteiger partial charge >= 0.3 is 5.97 Å². The molecule has 1 aliphatic rings. The van der Waals surface area contributed by atoms with Gasteiger partial charge in [0.05, 0.1) is 5.92 Å². The Kier molecular flexibility index (Phi) is 4.80.